The number of nitrogens with one attached hydrogen (secondary N) is 1. The lowest BCUT2D eigenvalue weighted by Gasteiger charge is -2.29. The van der Waals surface area contributed by atoms with E-state index < -0.39 is 11.8 Å². The maximum absolute atomic E-state index is 11.3. The topological polar surface area (TPSA) is 98.2 Å². The Kier molecular flexibility index (Phi) is 4.83. The van der Waals surface area contributed by atoms with Crippen molar-refractivity contribution in [1.29, 1.82) is 0 Å². The van der Waals surface area contributed by atoms with Crippen LogP contribution in [0.5, 0.6) is 0 Å². The molecule has 21 heavy (non-hydrogen) atoms. The second-order valence-electron chi connectivity index (χ2n) is 5.80. The van der Waals surface area contributed by atoms with Crippen molar-refractivity contribution in [2.75, 3.05) is 5.32 Å². The highest BCUT2D eigenvalue weighted by atomic mass is 16.1. The second kappa shape index (κ2) is 6.61. The van der Waals surface area contributed by atoms with Crippen LogP contribution in [0.15, 0.2) is 18.2 Å². The van der Waals surface area contributed by atoms with E-state index in [9.17, 15) is 9.59 Å². The van der Waals surface area contributed by atoms with Crippen molar-refractivity contribution < 1.29 is 9.59 Å². The zero-order valence-electron chi connectivity index (χ0n) is 12.4. The highest BCUT2D eigenvalue weighted by Gasteiger charge is 2.20. The molecule has 1 fully saturated rings. The third-order valence-corrected chi connectivity index (χ3v) is 4.30. The van der Waals surface area contributed by atoms with Crippen LogP contribution in [0.3, 0.4) is 0 Å². The molecule has 0 heterocycles. The molecule has 0 unspecified atom stereocenters. The summed E-state index contributed by atoms with van der Waals surface area (Å²) < 4.78 is 0. The average Bonchev–Trinajstić information content (AvgIpc) is 2.47. The van der Waals surface area contributed by atoms with E-state index in [2.05, 4.69) is 12.2 Å². The number of carbonyl (C=O) groups excluding carboxylic acids is 2. The van der Waals surface area contributed by atoms with Gasteiger partial charge in [0.15, 0.2) is 0 Å². The zero-order chi connectivity index (χ0) is 15.4. The Morgan fingerprint density at radius 2 is 1.57 bits per heavy atom. The molecule has 5 heteroatoms. The Hall–Kier alpha value is -2.04. The van der Waals surface area contributed by atoms with Crippen LogP contribution in [0.1, 0.15) is 59.7 Å². The van der Waals surface area contributed by atoms with Crippen LogP contribution >= 0.6 is 0 Å². The normalized spacial score (nSPS) is 21.8. The Bertz CT molecular complexity index is 502. The van der Waals surface area contributed by atoms with Crippen LogP contribution < -0.4 is 16.8 Å². The van der Waals surface area contributed by atoms with E-state index in [-0.39, 0.29) is 0 Å². The number of anilines is 1. The van der Waals surface area contributed by atoms with Crippen molar-refractivity contribution in [2.45, 2.75) is 45.1 Å². The highest BCUT2D eigenvalue weighted by Crippen LogP contribution is 2.29. The fourth-order valence-electron chi connectivity index (χ4n) is 2.95. The third kappa shape index (κ3) is 3.97. The van der Waals surface area contributed by atoms with Crippen LogP contribution in [0.4, 0.5) is 5.69 Å². The molecule has 5 nitrogen and oxygen atoms in total. The summed E-state index contributed by atoms with van der Waals surface area (Å²) in [6.45, 7) is 2.23. The van der Waals surface area contributed by atoms with Crippen molar-refractivity contribution in [3.05, 3.63) is 29.3 Å². The Morgan fingerprint density at radius 1 is 1.05 bits per heavy atom. The molecule has 0 atom stereocenters. The van der Waals surface area contributed by atoms with Gasteiger partial charge >= 0.3 is 0 Å². The molecule has 5 N–H and O–H groups in total. The van der Waals surface area contributed by atoms with Gasteiger partial charge < -0.3 is 16.8 Å². The molecular weight excluding hydrogens is 266 g/mol. The predicted octanol–water partition coefficient (Wildman–Crippen LogP) is 2.27. The summed E-state index contributed by atoms with van der Waals surface area (Å²) in [5, 5.41) is 3.40. The first-order valence-electron chi connectivity index (χ1n) is 7.50. The third-order valence-electron chi connectivity index (χ3n) is 4.30. The van der Waals surface area contributed by atoms with E-state index in [1.54, 1.807) is 12.1 Å². The molecule has 114 valence electrons. The van der Waals surface area contributed by atoms with Gasteiger partial charge in [-0.25, -0.2) is 0 Å². The standard InChI is InChI=1S/C16H23N3O2/c1-2-10-3-5-13(6-4-10)19-14-8-11(15(17)20)7-12(9-14)16(18)21/h7-10,13,19H,2-6H2,1H3,(H2,17,20)(H2,18,21). The van der Waals surface area contributed by atoms with Crippen molar-refractivity contribution in [1.82, 2.24) is 0 Å². The molecule has 0 aromatic heterocycles. The summed E-state index contributed by atoms with van der Waals surface area (Å²) in [4.78, 5) is 22.7. The Labute approximate surface area is 125 Å². The van der Waals surface area contributed by atoms with Gasteiger partial charge in [-0.15, -0.1) is 0 Å². The molecular formula is C16H23N3O2. The average molecular weight is 289 g/mol. The minimum atomic E-state index is -0.559. The molecule has 1 aliphatic carbocycles. The monoisotopic (exact) mass is 289 g/mol. The first kappa shape index (κ1) is 15.4. The van der Waals surface area contributed by atoms with Crippen molar-refractivity contribution in [3.8, 4) is 0 Å². The maximum atomic E-state index is 11.3. The highest BCUT2D eigenvalue weighted by molar-refractivity contribution is 5.99. The van der Waals surface area contributed by atoms with E-state index in [0.717, 1.165) is 24.4 Å². The van der Waals surface area contributed by atoms with E-state index in [0.29, 0.717) is 17.2 Å². The van der Waals surface area contributed by atoms with Gasteiger partial charge in [-0.05, 0) is 49.8 Å². The summed E-state index contributed by atoms with van der Waals surface area (Å²) in [6.07, 6.45) is 5.87. The van der Waals surface area contributed by atoms with E-state index in [1.807, 2.05) is 0 Å². The number of hydrogen-bond acceptors (Lipinski definition) is 3. The first-order valence-corrected chi connectivity index (χ1v) is 7.50. The predicted molar refractivity (Wildman–Crippen MR) is 83.1 cm³/mol. The van der Waals surface area contributed by atoms with Gasteiger partial charge in [0.05, 0.1) is 0 Å². The Morgan fingerprint density at radius 3 is 2.00 bits per heavy atom. The number of benzene rings is 1. The number of hydrogen-bond donors (Lipinski definition) is 3. The fraction of sp³-hybridized carbons (Fsp3) is 0.500. The van der Waals surface area contributed by atoms with Crippen LogP contribution in [-0.2, 0) is 0 Å². The van der Waals surface area contributed by atoms with Crippen LogP contribution in [-0.4, -0.2) is 17.9 Å². The number of carbonyl (C=O) groups is 2. The van der Waals surface area contributed by atoms with Crippen LogP contribution in [0, 0.1) is 5.92 Å². The number of nitrogens with two attached hydrogens (primary N) is 2. The van der Waals surface area contributed by atoms with Crippen LogP contribution in [0.2, 0.25) is 0 Å². The molecule has 1 aromatic carbocycles. The molecule has 0 aliphatic heterocycles. The van der Waals surface area contributed by atoms with Crippen LogP contribution in [0.25, 0.3) is 0 Å². The van der Waals surface area contributed by atoms with Crippen molar-refractivity contribution >= 4 is 17.5 Å². The van der Waals surface area contributed by atoms with Gasteiger partial charge in [-0.3, -0.25) is 9.59 Å². The summed E-state index contributed by atoms with van der Waals surface area (Å²) in [5.41, 5.74) is 11.9. The van der Waals surface area contributed by atoms with Crippen molar-refractivity contribution in [3.63, 3.8) is 0 Å². The van der Waals surface area contributed by atoms with Gasteiger partial charge in [-0.1, -0.05) is 13.3 Å². The smallest absolute Gasteiger partial charge is 0.248 e. The zero-order valence-corrected chi connectivity index (χ0v) is 12.4. The Balaban J connectivity index is 2.12. The summed E-state index contributed by atoms with van der Waals surface area (Å²) in [5.74, 6) is -0.298. The second-order valence-corrected chi connectivity index (χ2v) is 5.80. The molecule has 0 spiro atoms. The van der Waals surface area contributed by atoms with E-state index in [1.165, 1.54) is 25.3 Å². The molecule has 1 saturated carbocycles. The minimum Gasteiger partial charge on any atom is -0.382 e. The molecule has 0 saturated heterocycles. The largest absolute Gasteiger partial charge is 0.382 e. The molecule has 2 amide bonds. The molecule has 1 aromatic rings. The van der Waals surface area contributed by atoms with E-state index >= 15 is 0 Å². The minimum absolute atomic E-state index is 0.302. The van der Waals surface area contributed by atoms with Gasteiger partial charge in [-0.2, -0.15) is 0 Å². The molecule has 0 bridgehead atoms. The SMILES string of the molecule is CCC1CCC(Nc2cc(C(N)=O)cc(C(N)=O)c2)CC1. The lowest BCUT2D eigenvalue weighted by atomic mass is 9.84. The van der Waals surface area contributed by atoms with Gasteiger partial charge in [0, 0.05) is 22.9 Å². The molecule has 2 rings (SSSR count). The lowest BCUT2D eigenvalue weighted by molar-refractivity contribution is 0.0999. The first-order chi connectivity index (χ1) is 9.99. The number of primary amides is 2. The molecule has 1 aliphatic rings. The van der Waals surface area contributed by atoms with Gasteiger partial charge in [0.1, 0.15) is 0 Å². The quantitative estimate of drug-likeness (QED) is 0.775. The van der Waals surface area contributed by atoms with Crippen molar-refractivity contribution in [2.24, 2.45) is 17.4 Å². The molecule has 0 radical (unpaired) electrons. The summed E-state index contributed by atoms with van der Waals surface area (Å²) >= 11 is 0. The summed E-state index contributed by atoms with van der Waals surface area (Å²) in [7, 11) is 0. The van der Waals surface area contributed by atoms with Gasteiger partial charge in [0.2, 0.25) is 11.8 Å². The lowest BCUT2D eigenvalue weighted by Crippen LogP contribution is -2.26. The summed E-state index contributed by atoms with van der Waals surface area (Å²) in [6, 6.07) is 5.17. The van der Waals surface area contributed by atoms with E-state index in [4.69, 9.17) is 11.5 Å². The number of amides is 2. The number of rotatable bonds is 5. The fourth-order valence-corrected chi connectivity index (χ4v) is 2.95. The maximum Gasteiger partial charge on any atom is 0.248 e. The van der Waals surface area contributed by atoms with Gasteiger partial charge in [0.25, 0.3) is 0 Å².